The summed E-state index contributed by atoms with van der Waals surface area (Å²) in [5.74, 6) is 2.96. The van der Waals surface area contributed by atoms with Gasteiger partial charge in [-0.15, -0.1) is 0 Å². The van der Waals surface area contributed by atoms with Crippen molar-refractivity contribution in [2.24, 2.45) is 17.8 Å². The molecule has 2 nitrogen and oxygen atoms in total. The van der Waals surface area contributed by atoms with Crippen molar-refractivity contribution in [1.82, 2.24) is 4.90 Å². The Morgan fingerprint density at radius 3 is 1.95 bits per heavy atom. The van der Waals surface area contributed by atoms with Crippen molar-refractivity contribution in [3.63, 3.8) is 0 Å². The lowest BCUT2D eigenvalue weighted by Gasteiger charge is -2.43. The Balaban J connectivity index is 1.55. The first-order valence-corrected chi connectivity index (χ1v) is 9.52. The number of nitrogens with zero attached hydrogens (tertiary/aromatic N) is 1. The second-order valence-electron chi connectivity index (χ2n) is 9.79. The fourth-order valence-electron chi connectivity index (χ4n) is 4.14. The van der Waals surface area contributed by atoms with Gasteiger partial charge in [0.1, 0.15) is 0 Å². The van der Waals surface area contributed by atoms with Gasteiger partial charge in [-0.3, -0.25) is 4.90 Å². The molecule has 0 bridgehead atoms. The predicted octanol–water partition coefficient (Wildman–Crippen LogP) is 5.12. The summed E-state index contributed by atoms with van der Waals surface area (Å²) in [5, 5.41) is 0. The number of piperidine rings is 1. The molecule has 1 saturated heterocycles. The van der Waals surface area contributed by atoms with Crippen LogP contribution in [0.2, 0.25) is 0 Å². The van der Waals surface area contributed by atoms with Gasteiger partial charge in [0.2, 0.25) is 0 Å². The predicted molar refractivity (Wildman–Crippen MR) is 95.2 cm³/mol. The molecule has 1 aliphatic heterocycles. The number of hydrogen-bond acceptors (Lipinski definition) is 2. The van der Waals surface area contributed by atoms with Crippen LogP contribution in [-0.4, -0.2) is 35.7 Å². The maximum Gasteiger partial charge on any atom is 0.0598 e. The van der Waals surface area contributed by atoms with E-state index in [1.54, 1.807) is 0 Å². The van der Waals surface area contributed by atoms with E-state index in [1.807, 2.05) is 0 Å². The van der Waals surface area contributed by atoms with Crippen LogP contribution in [0.15, 0.2) is 0 Å². The van der Waals surface area contributed by atoms with Gasteiger partial charge in [0.25, 0.3) is 0 Å². The lowest BCUT2D eigenvalue weighted by Crippen LogP contribution is -2.46. The summed E-state index contributed by atoms with van der Waals surface area (Å²) in [6.45, 7) is 17.1. The van der Waals surface area contributed by atoms with Gasteiger partial charge in [-0.25, -0.2) is 0 Å². The van der Waals surface area contributed by atoms with E-state index in [0.29, 0.717) is 5.54 Å². The Labute approximate surface area is 139 Å². The molecule has 22 heavy (non-hydrogen) atoms. The van der Waals surface area contributed by atoms with Crippen molar-refractivity contribution >= 4 is 0 Å². The van der Waals surface area contributed by atoms with Crippen LogP contribution in [0.1, 0.15) is 80.1 Å². The van der Waals surface area contributed by atoms with E-state index in [9.17, 15) is 0 Å². The molecule has 0 atom stereocenters. The first kappa shape index (κ1) is 18.3. The number of ether oxygens (including phenoxy) is 1. The highest BCUT2D eigenvalue weighted by Gasteiger charge is 2.33. The van der Waals surface area contributed by atoms with Crippen LogP contribution in [0, 0.1) is 17.8 Å². The first-order chi connectivity index (χ1) is 10.1. The third kappa shape index (κ3) is 5.85. The molecule has 0 spiro atoms. The van der Waals surface area contributed by atoms with Crippen molar-refractivity contribution in [2.45, 2.75) is 91.2 Å². The normalized spacial score (nSPS) is 28.6. The van der Waals surface area contributed by atoms with E-state index >= 15 is 0 Å². The second-order valence-corrected chi connectivity index (χ2v) is 9.79. The summed E-state index contributed by atoms with van der Waals surface area (Å²) in [6, 6.07) is 0. The van der Waals surface area contributed by atoms with Crippen molar-refractivity contribution in [2.75, 3.05) is 19.7 Å². The van der Waals surface area contributed by atoms with Gasteiger partial charge in [-0.1, -0.05) is 0 Å². The van der Waals surface area contributed by atoms with Crippen LogP contribution in [0.5, 0.6) is 0 Å². The highest BCUT2D eigenvalue weighted by molar-refractivity contribution is 4.86. The maximum absolute atomic E-state index is 5.86. The van der Waals surface area contributed by atoms with Crippen molar-refractivity contribution < 1.29 is 4.74 Å². The van der Waals surface area contributed by atoms with Gasteiger partial charge < -0.3 is 4.74 Å². The zero-order chi connectivity index (χ0) is 16.4. The zero-order valence-electron chi connectivity index (χ0n) is 16.0. The Bertz CT molecular complexity index is 325. The summed E-state index contributed by atoms with van der Waals surface area (Å²) >= 11 is 0. The minimum atomic E-state index is 0.0319. The smallest absolute Gasteiger partial charge is 0.0598 e. The molecule has 0 aromatic heterocycles. The first-order valence-electron chi connectivity index (χ1n) is 9.52. The van der Waals surface area contributed by atoms with Crippen molar-refractivity contribution in [3.8, 4) is 0 Å². The fourth-order valence-corrected chi connectivity index (χ4v) is 4.14. The monoisotopic (exact) mass is 309 g/mol. The molecule has 0 aromatic rings. The van der Waals surface area contributed by atoms with Crippen LogP contribution >= 0.6 is 0 Å². The molecule has 1 saturated carbocycles. The molecule has 1 aliphatic carbocycles. The molecule has 0 N–H and O–H groups in total. The van der Waals surface area contributed by atoms with Crippen molar-refractivity contribution in [3.05, 3.63) is 0 Å². The van der Waals surface area contributed by atoms with Crippen LogP contribution < -0.4 is 0 Å². The van der Waals surface area contributed by atoms with Crippen LogP contribution in [-0.2, 0) is 4.74 Å². The van der Waals surface area contributed by atoms with E-state index in [-0.39, 0.29) is 5.60 Å². The number of likely N-dealkylation sites (tertiary alicyclic amines) is 1. The second kappa shape index (κ2) is 7.21. The SMILES string of the molecule is CC(C)(C)OCCC1CC(CC2CCN(C(C)(C)C)CC2)C1. The van der Waals surface area contributed by atoms with Gasteiger partial charge in [-0.05, 0) is 111 Å². The molecular weight excluding hydrogens is 270 g/mol. The largest absolute Gasteiger partial charge is 0.376 e. The summed E-state index contributed by atoms with van der Waals surface area (Å²) in [7, 11) is 0. The molecule has 2 heteroatoms. The highest BCUT2D eigenvalue weighted by atomic mass is 16.5. The van der Waals surface area contributed by atoms with Gasteiger partial charge in [0.15, 0.2) is 0 Å². The summed E-state index contributed by atoms with van der Waals surface area (Å²) in [4.78, 5) is 2.66. The molecule has 130 valence electrons. The molecule has 2 rings (SSSR count). The minimum Gasteiger partial charge on any atom is -0.376 e. The zero-order valence-corrected chi connectivity index (χ0v) is 16.0. The molecule has 0 aromatic carbocycles. The van der Waals surface area contributed by atoms with E-state index in [0.717, 1.165) is 24.4 Å². The Morgan fingerprint density at radius 1 is 0.864 bits per heavy atom. The molecule has 0 amide bonds. The lowest BCUT2D eigenvalue weighted by atomic mass is 9.69. The molecule has 0 radical (unpaired) electrons. The van der Waals surface area contributed by atoms with E-state index in [2.05, 4.69) is 46.4 Å². The topological polar surface area (TPSA) is 12.5 Å². The number of rotatable bonds is 5. The van der Waals surface area contributed by atoms with Crippen molar-refractivity contribution in [1.29, 1.82) is 0 Å². The number of hydrogen-bond donors (Lipinski definition) is 0. The quantitative estimate of drug-likeness (QED) is 0.699. The van der Waals surface area contributed by atoms with E-state index in [1.165, 1.54) is 51.6 Å². The highest BCUT2D eigenvalue weighted by Crippen LogP contribution is 2.42. The average Bonchev–Trinajstić information content (AvgIpc) is 2.33. The third-order valence-corrected chi connectivity index (χ3v) is 5.62. The lowest BCUT2D eigenvalue weighted by molar-refractivity contribution is -0.0192. The summed E-state index contributed by atoms with van der Waals surface area (Å²) in [5.41, 5.74) is 0.393. The van der Waals surface area contributed by atoms with Crippen LogP contribution in [0.4, 0.5) is 0 Å². The Morgan fingerprint density at radius 2 is 1.45 bits per heavy atom. The molecule has 2 fully saturated rings. The molecule has 0 unspecified atom stereocenters. The Hall–Kier alpha value is -0.0800. The third-order valence-electron chi connectivity index (χ3n) is 5.62. The molecular formula is C20H39NO. The fraction of sp³-hybridized carbons (Fsp3) is 1.00. The molecule has 2 aliphatic rings. The Kier molecular flexibility index (Phi) is 5.99. The van der Waals surface area contributed by atoms with Gasteiger partial charge in [-0.2, -0.15) is 0 Å². The van der Waals surface area contributed by atoms with E-state index in [4.69, 9.17) is 4.74 Å². The van der Waals surface area contributed by atoms with E-state index < -0.39 is 0 Å². The summed E-state index contributed by atoms with van der Waals surface area (Å²) in [6.07, 6.45) is 8.54. The van der Waals surface area contributed by atoms with Crippen LogP contribution in [0.3, 0.4) is 0 Å². The van der Waals surface area contributed by atoms with Crippen LogP contribution in [0.25, 0.3) is 0 Å². The summed E-state index contributed by atoms with van der Waals surface area (Å²) < 4.78 is 5.86. The maximum atomic E-state index is 5.86. The van der Waals surface area contributed by atoms with Gasteiger partial charge >= 0.3 is 0 Å². The molecule has 1 heterocycles. The van der Waals surface area contributed by atoms with Gasteiger partial charge in [0.05, 0.1) is 5.60 Å². The average molecular weight is 310 g/mol. The minimum absolute atomic E-state index is 0.0319. The standard InChI is InChI=1S/C20H39NO/c1-19(2,3)21-10-7-16(8-11-21)13-18-14-17(15-18)9-12-22-20(4,5)6/h16-18H,7-15H2,1-6H3. The van der Waals surface area contributed by atoms with Gasteiger partial charge in [0, 0.05) is 12.1 Å².